The molecule has 3 aromatic carbocycles. The summed E-state index contributed by atoms with van der Waals surface area (Å²) in [5.41, 5.74) is 6.32. The maximum atomic E-state index is 14.0. The van der Waals surface area contributed by atoms with Crippen LogP contribution in [0.5, 0.6) is 0 Å². The van der Waals surface area contributed by atoms with Crippen molar-refractivity contribution < 1.29 is 4.39 Å². The van der Waals surface area contributed by atoms with Gasteiger partial charge < -0.3 is 5.73 Å². The number of rotatable bonds is 3. The summed E-state index contributed by atoms with van der Waals surface area (Å²) in [6, 6.07) is 19.5. The molecule has 0 saturated heterocycles. The first-order chi connectivity index (χ1) is 9.76. The number of hydrogen-bond donors (Lipinski definition) is 1. The quantitative estimate of drug-likeness (QED) is 0.761. The minimum absolute atomic E-state index is 0.217. The van der Waals surface area contributed by atoms with Gasteiger partial charge in [0.15, 0.2) is 0 Å². The van der Waals surface area contributed by atoms with Crippen LogP contribution in [0.2, 0.25) is 0 Å². The van der Waals surface area contributed by atoms with Crippen LogP contribution in [0.1, 0.15) is 5.56 Å². The Morgan fingerprint density at radius 1 is 0.900 bits per heavy atom. The van der Waals surface area contributed by atoms with Gasteiger partial charge in [-0.2, -0.15) is 0 Å². The molecule has 0 heterocycles. The highest BCUT2D eigenvalue weighted by Gasteiger charge is 2.06. The van der Waals surface area contributed by atoms with Gasteiger partial charge in [-0.1, -0.05) is 48.2 Å². The molecule has 3 aromatic rings. The van der Waals surface area contributed by atoms with E-state index in [9.17, 15) is 4.39 Å². The smallest absolute Gasteiger partial charge is 0.137 e. The average Bonchev–Trinajstić information content (AvgIpc) is 2.49. The maximum absolute atomic E-state index is 14.0. The van der Waals surface area contributed by atoms with Gasteiger partial charge >= 0.3 is 0 Å². The van der Waals surface area contributed by atoms with Crippen molar-refractivity contribution >= 4 is 22.5 Å². The first kappa shape index (κ1) is 13.2. The lowest BCUT2D eigenvalue weighted by molar-refractivity contribution is 0.599. The van der Waals surface area contributed by atoms with Crippen molar-refractivity contribution in [3.05, 3.63) is 72.0 Å². The Morgan fingerprint density at radius 3 is 2.45 bits per heavy atom. The monoisotopic (exact) mass is 283 g/mol. The Morgan fingerprint density at radius 2 is 1.70 bits per heavy atom. The Kier molecular flexibility index (Phi) is 3.72. The van der Waals surface area contributed by atoms with E-state index in [4.69, 9.17) is 5.73 Å². The molecule has 1 nitrogen and oxygen atoms in total. The van der Waals surface area contributed by atoms with Gasteiger partial charge in [-0.05, 0) is 40.6 Å². The average molecular weight is 283 g/mol. The van der Waals surface area contributed by atoms with E-state index >= 15 is 0 Å². The molecule has 0 spiro atoms. The number of halogens is 1. The normalized spacial score (nSPS) is 10.9. The highest BCUT2D eigenvalue weighted by molar-refractivity contribution is 7.99. The van der Waals surface area contributed by atoms with Crippen molar-refractivity contribution in [1.29, 1.82) is 0 Å². The molecule has 0 bridgehead atoms. The lowest BCUT2D eigenvalue weighted by Gasteiger charge is -2.06. The predicted octanol–water partition coefficient (Wildman–Crippen LogP) is 4.59. The summed E-state index contributed by atoms with van der Waals surface area (Å²) in [5, 5.41) is 2.35. The zero-order valence-corrected chi connectivity index (χ0v) is 11.7. The van der Waals surface area contributed by atoms with E-state index in [0.717, 1.165) is 15.8 Å². The molecule has 0 amide bonds. The van der Waals surface area contributed by atoms with Gasteiger partial charge in [-0.25, -0.2) is 4.39 Å². The van der Waals surface area contributed by atoms with Crippen LogP contribution in [0.25, 0.3) is 10.8 Å². The van der Waals surface area contributed by atoms with Crippen LogP contribution in [0.4, 0.5) is 4.39 Å². The van der Waals surface area contributed by atoms with E-state index in [2.05, 4.69) is 24.3 Å². The second kappa shape index (κ2) is 5.65. The third-order valence-electron chi connectivity index (χ3n) is 3.18. The highest BCUT2D eigenvalue weighted by atomic mass is 32.2. The van der Waals surface area contributed by atoms with Crippen molar-refractivity contribution in [1.82, 2.24) is 0 Å². The van der Waals surface area contributed by atoms with Gasteiger partial charge in [0.05, 0.1) is 0 Å². The molecular formula is C17H14FNS. The molecule has 0 aliphatic rings. The van der Waals surface area contributed by atoms with E-state index < -0.39 is 0 Å². The Bertz CT molecular complexity index is 755. The van der Waals surface area contributed by atoms with Gasteiger partial charge in [0.2, 0.25) is 0 Å². The molecule has 0 fully saturated rings. The first-order valence-corrected chi connectivity index (χ1v) is 7.23. The van der Waals surface area contributed by atoms with Crippen LogP contribution in [-0.4, -0.2) is 0 Å². The molecule has 100 valence electrons. The van der Waals surface area contributed by atoms with E-state index in [1.807, 2.05) is 24.3 Å². The third-order valence-corrected chi connectivity index (χ3v) is 4.22. The maximum Gasteiger partial charge on any atom is 0.137 e. The van der Waals surface area contributed by atoms with E-state index in [0.29, 0.717) is 11.4 Å². The molecule has 0 saturated carbocycles. The van der Waals surface area contributed by atoms with Crippen LogP contribution in [0, 0.1) is 5.82 Å². The molecule has 0 aliphatic carbocycles. The summed E-state index contributed by atoms with van der Waals surface area (Å²) < 4.78 is 14.0. The van der Waals surface area contributed by atoms with Crippen LogP contribution in [0.3, 0.4) is 0 Å². The standard InChI is InChI=1S/C17H14FNS/c18-16-9-12(11-19)5-8-17(16)20-15-7-6-13-3-1-2-4-14(13)10-15/h1-10H,11,19H2. The SMILES string of the molecule is NCc1ccc(Sc2ccc3ccccc3c2)c(F)c1. The summed E-state index contributed by atoms with van der Waals surface area (Å²) in [5.74, 6) is -0.217. The van der Waals surface area contributed by atoms with Gasteiger partial charge in [0, 0.05) is 16.3 Å². The summed E-state index contributed by atoms with van der Waals surface area (Å²) in [7, 11) is 0. The third kappa shape index (κ3) is 2.69. The molecular weight excluding hydrogens is 269 g/mol. The zero-order valence-electron chi connectivity index (χ0n) is 10.8. The van der Waals surface area contributed by atoms with Crippen LogP contribution >= 0.6 is 11.8 Å². The van der Waals surface area contributed by atoms with Crippen molar-refractivity contribution in [3.8, 4) is 0 Å². The molecule has 3 rings (SSSR count). The van der Waals surface area contributed by atoms with Crippen LogP contribution in [-0.2, 0) is 6.54 Å². The Labute approximate surface area is 121 Å². The molecule has 20 heavy (non-hydrogen) atoms. The number of benzene rings is 3. The van der Waals surface area contributed by atoms with E-state index in [-0.39, 0.29) is 5.82 Å². The number of fused-ring (bicyclic) bond motifs is 1. The first-order valence-electron chi connectivity index (χ1n) is 6.41. The number of nitrogens with two attached hydrogens (primary N) is 1. The van der Waals surface area contributed by atoms with Gasteiger partial charge in [0.1, 0.15) is 5.82 Å². The zero-order chi connectivity index (χ0) is 13.9. The van der Waals surface area contributed by atoms with Gasteiger partial charge in [-0.15, -0.1) is 0 Å². The Balaban J connectivity index is 1.92. The molecule has 0 aliphatic heterocycles. The van der Waals surface area contributed by atoms with Crippen molar-refractivity contribution in [2.24, 2.45) is 5.73 Å². The van der Waals surface area contributed by atoms with Crippen molar-refractivity contribution in [3.63, 3.8) is 0 Å². The minimum atomic E-state index is -0.217. The van der Waals surface area contributed by atoms with Crippen LogP contribution < -0.4 is 5.73 Å². The summed E-state index contributed by atoms with van der Waals surface area (Å²) >= 11 is 1.43. The largest absolute Gasteiger partial charge is 0.326 e. The fourth-order valence-electron chi connectivity index (χ4n) is 2.11. The summed E-state index contributed by atoms with van der Waals surface area (Å²) in [6.45, 7) is 0.359. The fraction of sp³-hybridized carbons (Fsp3) is 0.0588. The minimum Gasteiger partial charge on any atom is -0.326 e. The predicted molar refractivity (Wildman–Crippen MR) is 82.4 cm³/mol. The lowest BCUT2D eigenvalue weighted by Crippen LogP contribution is -1.96. The van der Waals surface area contributed by atoms with Gasteiger partial charge in [0.25, 0.3) is 0 Å². The molecule has 3 heteroatoms. The highest BCUT2D eigenvalue weighted by Crippen LogP contribution is 2.32. The summed E-state index contributed by atoms with van der Waals surface area (Å²) in [4.78, 5) is 1.65. The number of hydrogen-bond acceptors (Lipinski definition) is 2. The lowest BCUT2D eigenvalue weighted by atomic mass is 10.1. The molecule has 0 atom stereocenters. The summed E-state index contributed by atoms with van der Waals surface area (Å²) in [6.07, 6.45) is 0. The topological polar surface area (TPSA) is 26.0 Å². The second-order valence-electron chi connectivity index (χ2n) is 4.58. The Hall–Kier alpha value is -1.84. The van der Waals surface area contributed by atoms with Crippen LogP contribution in [0.15, 0.2) is 70.5 Å². The fourth-order valence-corrected chi connectivity index (χ4v) is 2.98. The molecule has 2 N–H and O–H groups in total. The van der Waals surface area contributed by atoms with E-state index in [1.54, 1.807) is 6.07 Å². The molecule has 0 aromatic heterocycles. The van der Waals surface area contributed by atoms with E-state index in [1.165, 1.54) is 23.2 Å². The second-order valence-corrected chi connectivity index (χ2v) is 5.70. The van der Waals surface area contributed by atoms with Crippen molar-refractivity contribution in [2.75, 3.05) is 0 Å². The van der Waals surface area contributed by atoms with Crippen molar-refractivity contribution in [2.45, 2.75) is 16.3 Å². The molecule has 0 unspecified atom stereocenters. The molecule has 0 radical (unpaired) electrons. The van der Waals surface area contributed by atoms with Gasteiger partial charge in [-0.3, -0.25) is 0 Å².